The fourth-order valence-electron chi connectivity index (χ4n) is 4.25. The van der Waals surface area contributed by atoms with Gasteiger partial charge in [0.1, 0.15) is 0 Å². The first-order valence-electron chi connectivity index (χ1n) is 11.6. The minimum Gasteiger partial charge on any atom is -0.0622 e. The quantitative estimate of drug-likeness (QED) is 0.234. The summed E-state index contributed by atoms with van der Waals surface area (Å²) in [5.41, 5.74) is 9.60. The van der Waals surface area contributed by atoms with Gasteiger partial charge >= 0.3 is 0 Å². The average molecular weight is 435 g/mol. The minimum absolute atomic E-state index is 1.18. The third-order valence-corrected chi connectivity index (χ3v) is 5.90. The van der Waals surface area contributed by atoms with Gasteiger partial charge in [-0.25, -0.2) is 0 Å². The van der Waals surface area contributed by atoms with E-state index in [1.54, 1.807) is 0 Å². The van der Waals surface area contributed by atoms with Crippen molar-refractivity contribution in [2.24, 2.45) is 0 Å². The first kappa shape index (κ1) is 21.4. The second kappa shape index (κ2) is 10.5. The maximum atomic E-state index is 2.29. The first-order valence-corrected chi connectivity index (χ1v) is 11.6. The van der Waals surface area contributed by atoms with Crippen LogP contribution < -0.4 is 0 Å². The zero-order valence-electron chi connectivity index (χ0n) is 19.0. The van der Waals surface area contributed by atoms with Crippen molar-refractivity contribution in [2.45, 2.75) is 0 Å². The fraction of sp³-hybridized carbons (Fsp3) is 0. The van der Waals surface area contributed by atoms with Crippen LogP contribution >= 0.6 is 0 Å². The Morgan fingerprint density at radius 1 is 0.324 bits per heavy atom. The van der Waals surface area contributed by atoms with Gasteiger partial charge in [0.25, 0.3) is 0 Å². The summed E-state index contributed by atoms with van der Waals surface area (Å²) in [5, 5.41) is 0. The van der Waals surface area contributed by atoms with Gasteiger partial charge in [0.2, 0.25) is 0 Å². The van der Waals surface area contributed by atoms with Crippen LogP contribution in [-0.2, 0) is 0 Å². The molecular weight excluding hydrogens is 408 g/mol. The molecule has 5 rings (SSSR count). The number of hydrogen-bond acceptors (Lipinski definition) is 0. The number of benzene rings is 5. The van der Waals surface area contributed by atoms with E-state index in [0.29, 0.717) is 0 Å². The van der Waals surface area contributed by atoms with E-state index in [2.05, 4.69) is 158 Å². The smallest absolute Gasteiger partial charge is 0.00990 e. The molecule has 162 valence electrons. The van der Waals surface area contributed by atoms with E-state index in [1.807, 2.05) is 0 Å². The molecule has 0 aliphatic carbocycles. The molecule has 0 aliphatic rings. The Bertz CT molecular complexity index is 1280. The van der Waals surface area contributed by atoms with Crippen molar-refractivity contribution in [3.8, 4) is 0 Å². The molecule has 0 unspecified atom stereocenters. The van der Waals surface area contributed by atoms with Crippen LogP contribution in [0.3, 0.4) is 0 Å². The Balaban J connectivity index is 1.75. The highest BCUT2D eigenvalue weighted by Gasteiger charge is 2.15. The zero-order valence-corrected chi connectivity index (χ0v) is 19.0. The summed E-state index contributed by atoms with van der Waals surface area (Å²) < 4.78 is 0. The summed E-state index contributed by atoms with van der Waals surface area (Å²) in [6.45, 7) is 0. The van der Waals surface area contributed by atoms with Crippen molar-refractivity contribution >= 4 is 23.3 Å². The van der Waals surface area contributed by atoms with Crippen LogP contribution in [0.1, 0.15) is 33.4 Å². The average Bonchev–Trinajstić information content (AvgIpc) is 2.93. The molecule has 0 saturated heterocycles. The van der Waals surface area contributed by atoms with Crippen molar-refractivity contribution in [3.63, 3.8) is 0 Å². The van der Waals surface area contributed by atoms with Gasteiger partial charge in [0.15, 0.2) is 0 Å². The van der Waals surface area contributed by atoms with E-state index in [0.717, 1.165) is 0 Å². The van der Waals surface area contributed by atoms with E-state index in [4.69, 9.17) is 0 Å². The Hall–Kier alpha value is -4.42. The number of hydrogen-bond donors (Lipinski definition) is 0. The molecule has 0 aliphatic heterocycles. The molecule has 0 radical (unpaired) electrons. The lowest BCUT2D eigenvalue weighted by Crippen LogP contribution is -1.97. The Morgan fingerprint density at radius 3 is 0.971 bits per heavy atom. The van der Waals surface area contributed by atoms with Crippen LogP contribution in [0.2, 0.25) is 0 Å². The zero-order chi connectivity index (χ0) is 23.0. The fourth-order valence-corrected chi connectivity index (χ4v) is 4.25. The van der Waals surface area contributed by atoms with Gasteiger partial charge in [0.05, 0.1) is 0 Å². The molecule has 0 nitrogen and oxygen atoms in total. The summed E-state index contributed by atoms with van der Waals surface area (Å²) in [4.78, 5) is 0. The Morgan fingerprint density at radius 2 is 0.618 bits per heavy atom. The van der Waals surface area contributed by atoms with Gasteiger partial charge in [-0.2, -0.15) is 0 Å². The lowest BCUT2D eigenvalue weighted by Gasteiger charge is -2.17. The molecule has 5 aromatic rings. The summed E-state index contributed by atoms with van der Waals surface area (Å²) in [6, 6.07) is 51.1. The molecule has 0 heteroatoms. The van der Waals surface area contributed by atoms with Crippen LogP contribution in [0, 0.1) is 0 Å². The molecule has 0 heterocycles. The SMILES string of the molecule is C(=C(/c1ccccc1)c1ccccc1/C(=C/c1ccccc1)c1ccccc1)/c1ccccc1. The standard InChI is InChI=1S/C34H26/c1-5-15-27(16-6-1)25-33(29-19-9-3-10-20-29)31-23-13-14-24-32(31)34(30-21-11-4-12-22-30)26-28-17-7-2-8-18-28/h1-26H/b33-25+,34-26+. The van der Waals surface area contributed by atoms with Gasteiger partial charge in [-0.05, 0) is 56.7 Å². The Kier molecular flexibility index (Phi) is 6.59. The highest BCUT2D eigenvalue weighted by atomic mass is 14.2. The highest BCUT2D eigenvalue weighted by Crippen LogP contribution is 2.35. The van der Waals surface area contributed by atoms with Gasteiger partial charge in [-0.1, -0.05) is 146 Å². The summed E-state index contributed by atoms with van der Waals surface area (Å²) in [6.07, 6.45) is 4.58. The molecule has 0 aromatic heterocycles. The normalized spacial score (nSPS) is 11.9. The maximum absolute atomic E-state index is 2.29. The Labute approximate surface area is 202 Å². The van der Waals surface area contributed by atoms with E-state index in [-0.39, 0.29) is 0 Å². The van der Waals surface area contributed by atoms with Crippen molar-refractivity contribution in [3.05, 3.63) is 179 Å². The molecule has 0 spiro atoms. The van der Waals surface area contributed by atoms with E-state index >= 15 is 0 Å². The largest absolute Gasteiger partial charge is 0.0622 e. The third kappa shape index (κ3) is 4.98. The van der Waals surface area contributed by atoms with Crippen LogP contribution in [-0.4, -0.2) is 0 Å². The van der Waals surface area contributed by atoms with E-state index < -0.39 is 0 Å². The topological polar surface area (TPSA) is 0 Å². The third-order valence-electron chi connectivity index (χ3n) is 5.90. The molecule has 0 atom stereocenters. The predicted molar refractivity (Wildman–Crippen MR) is 146 cm³/mol. The predicted octanol–water partition coefficient (Wildman–Crippen LogP) is 8.86. The van der Waals surface area contributed by atoms with Crippen molar-refractivity contribution < 1.29 is 0 Å². The molecule has 34 heavy (non-hydrogen) atoms. The van der Waals surface area contributed by atoms with E-state index in [9.17, 15) is 0 Å². The van der Waals surface area contributed by atoms with Gasteiger partial charge in [-0.15, -0.1) is 0 Å². The van der Waals surface area contributed by atoms with Crippen LogP contribution in [0.25, 0.3) is 23.3 Å². The number of rotatable bonds is 6. The summed E-state index contributed by atoms with van der Waals surface area (Å²) in [5.74, 6) is 0. The van der Waals surface area contributed by atoms with Crippen LogP contribution in [0.4, 0.5) is 0 Å². The molecular formula is C34H26. The lowest BCUT2D eigenvalue weighted by atomic mass is 9.86. The van der Waals surface area contributed by atoms with Gasteiger partial charge in [-0.3, -0.25) is 0 Å². The van der Waals surface area contributed by atoms with Crippen LogP contribution in [0.5, 0.6) is 0 Å². The molecule has 0 N–H and O–H groups in total. The summed E-state index contributed by atoms with van der Waals surface area (Å²) >= 11 is 0. The molecule has 5 aromatic carbocycles. The minimum atomic E-state index is 1.18. The van der Waals surface area contributed by atoms with Gasteiger partial charge < -0.3 is 0 Å². The molecule has 0 fully saturated rings. The van der Waals surface area contributed by atoms with Gasteiger partial charge in [0, 0.05) is 0 Å². The second-order valence-corrected chi connectivity index (χ2v) is 8.22. The van der Waals surface area contributed by atoms with E-state index in [1.165, 1.54) is 44.5 Å². The summed E-state index contributed by atoms with van der Waals surface area (Å²) in [7, 11) is 0. The van der Waals surface area contributed by atoms with Crippen molar-refractivity contribution in [1.29, 1.82) is 0 Å². The molecule has 0 saturated carbocycles. The molecule has 0 amide bonds. The second-order valence-electron chi connectivity index (χ2n) is 8.22. The molecule has 0 bridgehead atoms. The van der Waals surface area contributed by atoms with Crippen molar-refractivity contribution in [1.82, 2.24) is 0 Å². The van der Waals surface area contributed by atoms with Crippen LogP contribution in [0.15, 0.2) is 146 Å². The maximum Gasteiger partial charge on any atom is -0.00990 e. The monoisotopic (exact) mass is 434 g/mol. The highest BCUT2D eigenvalue weighted by molar-refractivity contribution is 6.00. The lowest BCUT2D eigenvalue weighted by molar-refractivity contribution is 1.49. The first-order chi connectivity index (χ1) is 16.9. The van der Waals surface area contributed by atoms with Crippen molar-refractivity contribution in [2.75, 3.05) is 0 Å².